The van der Waals surface area contributed by atoms with Crippen LogP contribution in [-0.2, 0) is 11.2 Å². The molecule has 0 N–H and O–H groups in total. The maximum Gasteiger partial charge on any atom is 0.123 e. The van der Waals surface area contributed by atoms with E-state index in [2.05, 4.69) is 38.5 Å². The van der Waals surface area contributed by atoms with Gasteiger partial charge < -0.3 is 4.57 Å². The molecular formula is C19H22FNO. The number of aromatic nitrogens is 1. The van der Waals surface area contributed by atoms with Crippen LogP contribution in [0.5, 0.6) is 0 Å². The Morgan fingerprint density at radius 3 is 2.32 bits per heavy atom. The van der Waals surface area contributed by atoms with Crippen LogP contribution in [-0.4, -0.2) is 10.5 Å². The molecule has 0 radical (unpaired) electrons. The van der Waals surface area contributed by atoms with Gasteiger partial charge in [0.15, 0.2) is 0 Å². The van der Waals surface area contributed by atoms with Gasteiger partial charge in [-0.25, -0.2) is 9.18 Å². The molecule has 2 rings (SSSR count). The lowest BCUT2D eigenvalue weighted by Crippen LogP contribution is -2.07. The highest BCUT2D eigenvalue weighted by Gasteiger charge is 2.20. The van der Waals surface area contributed by atoms with E-state index in [0.29, 0.717) is 18.4 Å². The van der Waals surface area contributed by atoms with E-state index in [1.807, 2.05) is 5.94 Å². The molecular weight excluding hydrogens is 277 g/mol. The van der Waals surface area contributed by atoms with Gasteiger partial charge in [-0.05, 0) is 43.0 Å². The van der Waals surface area contributed by atoms with Crippen LogP contribution in [0.15, 0.2) is 36.5 Å². The molecule has 1 aromatic carbocycles. The summed E-state index contributed by atoms with van der Waals surface area (Å²) in [6.07, 6.45) is 4.17. The lowest BCUT2D eigenvalue weighted by Gasteiger charge is -2.17. The molecule has 0 spiro atoms. The fourth-order valence-corrected chi connectivity index (χ4v) is 2.89. The van der Waals surface area contributed by atoms with Crippen molar-refractivity contribution in [2.24, 2.45) is 0 Å². The van der Waals surface area contributed by atoms with Gasteiger partial charge in [-0.1, -0.05) is 26.0 Å². The average molecular weight is 299 g/mol. The molecule has 0 saturated heterocycles. The van der Waals surface area contributed by atoms with Crippen LogP contribution in [0.4, 0.5) is 4.39 Å². The van der Waals surface area contributed by atoms with Crippen molar-refractivity contribution in [3.8, 4) is 11.1 Å². The number of hydrogen-bond donors (Lipinski definition) is 0. The molecule has 2 aromatic rings. The molecule has 0 fully saturated rings. The van der Waals surface area contributed by atoms with E-state index < -0.39 is 0 Å². The monoisotopic (exact) mass is 299 g/mol. The number of benzene rings is 1. The SMILES string of the molecule is CC(C)c1c(CC=C=O)c(-c2ccc(F)cc2)cn1C(C)C. The summed E-state index contributed by atoms with van der Waals surface area (Å²) < 4.78 is 15.4. The highest BCUT2D eigenvalue weighted by molar-refractivity contribution is 5.70. The van der Waals surface area contributed by atoms with Gasteiger partial charge in [0.05, 0.1) is 0 Å². The zero-order valence-electron chi connectivity index (χ0n) is 13.6. The Kier molecular flexibility index (Phi) is 4.99. The Bertz CT molecular complexity index is 689. The van der Waals surface area contributed by atoms with E-state index in [-0.39, 0.29) is 5.82 Å². The first-order chi connectivity index (χ1) is 10.5. The molecule has 2 nitrogen and oxygen atoms in total. The van der Waals surface area contributed by atoms with Gasteiger partial charge in [0.2, 0.25) is 0 Å². The Morgan fingerprint density at radius 1 is 1.18 bits per heavy atom. The van der Waals surface area contributed by atoms with Gasteiger partial charge in [-0.2, -0.15) is 0 Å². The molecule has 0 aliphatic rings. The standard InChI is InChI=1S/C19H22FNO/c1-13(2)19-17(6-5-11-22)18(12-21(19)14(3)4)15-7-9-16(20)10-8-15/h5,7-10,12-14H,6H2,1-4H3. The van der Waals surface area contributed by atoms with Crippen molar-refractivity contribution in [2.75, 3.05) is 0 Å². The maximum atomic E-state index is 13.2. The molecule has 0 aliphatic carbocycles. The van der Waals surface area contributed by atoms with Crippen molar-refractivity contribution >= 4 is 5.94 Å². The third kappa shape index (κ3) is 3.20. The summed E-state index contributed by atoms with van der Waals surface area (Å²) in [5.41, 5.74) is 4.38. The molecule has 22 heavy (non-hydrogen) atoms. The van der Waals surface area contributed by atoms with Gasteiger partial charge in [-0.15, -0.1) is 0 Å². The van der Waals surface area contributed by atoms with Crippen LogP contribution in [0.25, 0.3) is 11.1 Å². The molecule has 3 heteroatoms. The van der Waals surface area contributed by atoms with Crippen LogP contribution < -0.4 is 0 Å². The van der Waals surface area contributed by atoms with Crippen LogP contribution in [0.3, 0.4) is 0 Å². The van der Waals surface area contributed by atoms with Crippen molar-refractivity contribution < 1.29 is 9.18 Å². The Morgan fingerprint density at radius 2 is 1.82 bits per heavy atom. The largest absolute Gasteiger partial charge is 0.348 e. The van der Waals surface area contributed by atoms with Gasteiger partial charge in [0.1, 0.15) is 11.8 Å². The molecule has 0 amide bonds. The van der Waals surface area contributed by atoms with E-state index in [9.17, 15) is 9.18 Å². The summed E-state index contributed by atoms with van der Waals surface area (Å²) in [5, 5.41) is 0. The van der Waals surface area contributed by atoms with Gasteiger partial charge in [-0.3, -0.25) is 0 Å². The summed E-state index contributed by atoms with van der Waals surface area (Å²) in [7, 11) is 0. The van der Waals surface area contributed by atoms with E-state index in [1.54, 1.807) is 12.1 Å². The fraction of sp³-hybridized carbons (Fsp3) is 0.368. The normalized spacial score (nSPS) is 11.0. The fourth-order valence-electron chi connectivity index (χ4n) is 2.89. The summed E-state index contributed by atoms with van der Waals surface area (Å²) >= 11 is 0. The summed E-state index contributed by atoms with van der Waals surface area (Å²) in [6.45, 7) is 8.58. The molecule has 0 bridgehead atoms. The topological polar surface area (TPSA) is 22.0 Å². The second-order valence-electron chi connectivity index (χ2n) is 6.10. The summed E-state index contributed by atoms with van der Waals surface area (Å²) in [5.74, 6) is 1.96. The first-order valence-electron chi connectivity index (χ1n) is 7.64. The molecule has 0 unspecified atom stereocenters. The minimum Gasteiger partial charge on any atom is -0.348 e. The van der Waals surface area contributed by atoms with E-state index in [0.717, 1.165) is 16.7 Å². The highest BCUT2D eigenvalue weighted by Crippen LogP contribution is 2.35. The van der Waals surface area contributed by atoms with Crippen molar-refractivity contribution in [3.63, 3.8) is 0 Å². The smallest absolute Gasteiger partial charge is 0.123 e. The Balaban J connectivity index is 2.68. The minimum atomic E-state index is -0.245. The Hall–Kier alpha value is -2.12. The highest BCUT2D eigenvalue weighted by atomic mass is 19.1. The van der Waals surface area contributed by atoms with Crippen LogP contribution in [0.2, 0.25) is 0 Å². The Labute approximate surface area is 131 Å². The zero-order valence-corrected chi connectivity index (χ0v) is 13.6. The van der Waals surface area contributed by atoms with Gasteiger partial charge in [0, 0.05) is 36.0 Å². The number of nitrogens with zero attached hydrogens (tertiary/aromatic N) is 1. The number of carbonyl (C=O) groups excluding carboxylic acids is 1. The molecule has 0 saturated carbocycles. The number of allylic oxidation sites excluding steroid dienone is 1. The van der Waals surface area contributed by atoms with Crippen molar-refractivity contribution in [2.45, 2.75) is 46.1 Å². The second kappa shape index (κ2) is 6.76. The number of rotatable bonds is 5. The van der Waals surface area contributed by atoms with E-state index in [1.165, 1.54) is 23.9 Å². The van der Waals surface area contributed by atoms with Crippen LogP contribution in [0, 0.1) is 5.82 Å². The minimum absolute atomic E-state index is 0.245. The quantitative estimate of drug-likeness (QED) is 0.718. The van der Waals surface area contributed by atoms with E-state index >= 15 is 0 Å². The van der Waals surface area contributed by atoms with Gasteiger partial charge >= 0.3 is 0 Å². The molecule has 116 valence electrons. The average Bonchev–Trinajstić information content (AvgIpc) is 2.85. The predicted molar refractivity (Wildman–Crippen MR) is 88.3 cm³/mol. The van der Waals surface area contributed by atoms with Gasteiger partial charge in [0.25, 0.3) is 0 Å². The predicted octanol–water partition coefficient (Wildman–Crippen LogP) is 4.93. The maximum absolute atomic E-state index is 13.2. The summed E-state index contributed by atoms with van der Waals surface area (Å²) in [4.78, 5) is 10.7. The lowest BCUT2D eigenvalue weighted by molar-refractivity contribution is 0.557. The van der Waals surface area contributed by atoms with E-state index in [4.69, 9.17) is 0 Å². The number of hydrogen-bond acceptors (Lipinski definition) is 1. The third-order valence-electron chi connectivity index (χ3n) is 3.83. The second-order valence-corrected chi connectivity index (χ2v) is 6.10. The molecule has 1 aromatic heterocycles. The van der Waals surface area contributed by atoms with Crippen molar-refractivity contribution in [1.29, 1.82) is 0 Å². The van der Waals surface area contributed by atoms with Crippen LogP contribution in [0.1, 0.15) is 50.9 Å². The first-order valence-corrected chi connectivity index (χ1v) is 7.64. The van der Waals surface area contributed by atoms with Crippen molar-refractivity contribution in [1.82, 2.24) is 4.57 Å². The third-order valence-corrected chi connectivity index (χ3v) is 3.83. The first kappa shape index (κ1) is 16.3. The summed E-state index contributed by atoms with van der Waals surface area (Å²) in [6, 6.07) is 6.83. The van der Waals surface area contributed by atoms with Crippen molar-refractivity contribution in [3.05, 3.63) is 53.6 Å². The number of halogens is 1. The molecule has 0 atom stereocenters. The molecule has 0 aliphatic heterocycles. The zero-order chi connectivity index (χ0) is 16.3. The van der Waals surface area contributed by atoms with Crippen LogP contribution >= 0.6 is 0 Å². The lowest BCUT2D eigenvalue weighted by atomic mass is 9.96. The molecule has 1 heterocycles.